The van der Waals surface area contributed by atoms with Crippen molar-refractivity contribution >= 4 is 27.1 Å². The number of hydrogen-bond donors (Lipinski definition) is 2. The van der Waals surface area contributed by atoms with E-state index in [1.165, 1.54) is 37.3 Å². The Bertz CT molecular complexity index is 737. The Balaban J connectivity index is 2.54. The van der Waals surface area contributed by atoms with Crippen molar-refractivity contribution in [1.82, 2.24) is 0 Å². The van der Waals surface area contributed by atoms with Crippen LogP contribution in [0.3, 0.4) is 0 Å². The van der Waals surface area contributed by atoms with Crippen molar-refractivity contribution in [2.45, 2.75) is 16.7 Å². The molecule has 0 aliphatic rings. The molecule has 2 aromatic carbocycles. The van der Waals surface area contributed by atoms with Gasteiger partial charge in [0.25, 0.3) is 0 Å². The Kier molecular flexibility index (Phi) is 3.76. The normalized spacial score (nSPS) is 11.1. The largest absolute Gasteiger partial charge is 0.399 e. The van der Waals surface area contributed by atoms with Crippen LogP contribution in [-0.4, -0.2) is 14.3 Å². The minimum Gasteiger partial charge on any atom is -0.399 e. The summed E-state index contributed by atoms with van der Waals surface area (Å²) in [6.07, 6.45) is 0. The number of para-hydroxylation sites is 1. The van der Waals surface area contributed by atoms with Gasteiger partial charge in [-0.05, 0) is 36.4 Å². The zero-order valence-electron chi connectivity index (χ0n) is 10.8. The predicted molar refractivity (Wildman–Crippen MR) is 77.1 cm³/mol. The highest BCUT2D eigenvalue weighted by molar-refractivity contribution is 7.91. The summed E-state index contributed by atoms with van der Waals surface area (Å²) >= 11 is 0. The summed E-state index contributed by atoms with van der Waals surface area (Å²) in [5.74, 6) is -0.329. The number of carbonyl (C=O) groups is 1. The number of carbonyl (C=O) groups excluding carboxylic acids is 1. The maximum atomic E-state index is 12.6. The van der Waals surface area contributed by atoms with Crippen LogP contribution < -0.4 is 11.1 Å². The van der Waals surface area contributed by atoms with Crippen LogP contribution in [0.25, 0.3) is 0 Å². The second-order valence-corrected chi connectivity index (χ2v) is 6.17. The molecule has 3 N–H and O–H groups in total. The van der Waals surface area contributed by atoms with E-state index in [4.69, 9.17) is 5.73 Å². The Morgan fingerprint density at radius 1 is 1.05 bits per heavy atom. The summed E-state index contributed by atoms with van der Waals surface area (Å²) in [4.78, 5) is 11.3. The first-order chi connectivity index (χ1) is 9.41. The smallest absolute Gasteiger partial charge is 0.221 e. The molecule has 104 valence electrons. The monoisotopic (exact) mass is 290 g/mol. The van der Waals surface area contributed by atoms with E-state index >= 15 is 0 Å². The van der Waals surface area contributed by atoms with Gasteiger partial charge in [-0.25, -0.2) is 8.42 Å². The minimum atomic E-state index is -3.70. The molecule has 0 heterocycles. The summed E-state index contributed by atoms with van der Waals surface area (Å²) in [5.41, 5.74) is 6.30. The molecule has 0 aromatic heterocycles. The number of nitrogen functional groups attached to an aromatic ring is 1. The highest BCUT2D eigenvalue weighted by atomic mass is 32.2. The summed E-state index contributed by atoms with van der Waals surface area (Å²) in [6, 6.07) is 12.2. The molecular formula is C14H14N2O3S. The Hall–Kier alpha value is -2.34. The number of benzene rings is 2. The number of anilines is 2. The van der Waals surface area contributed by atoms with E-state index in [2.05, 4.69) is 5.32 Å². The predicted octanol–water partition coefficient (Wildman–Crippen LogP) is 2.06. The van der Waals surface area contributed by atoms with Gasteiger partial charge < -0.3 is 11.1 Å². The second-order valence-electron chi connectivity index (χ2n) is 4.25. The van der Waals surface area contributed by atoms with Gasteiger partial charge >= 0.3 is 0 Å². The molecule has 0 spiro atoms. The van der Waals surface area contributed by atoms with Crippen LogP contribution in [0.2, 0.25) is 0 Å². The lowest BCUT2D eigenvalue weighted by atomic mass is 10.3. The molecule has 1 amide bonds. The first-order valence-corrected chi connectivity index (χ1v) is 7.37. The fraction of sp³-hybridized carbons (Fsp3) is 0.0714. The molecule has 0 saturated carbocycles. The lowest BCUT2D eigenvalue weighted by Gasteiger charge is -2.10. The zero-order valence-corrected chi connectivity index (χ0v) is 11.6. The van der Waals surface area contributed by atoms with E-state index in [0.717, 1.165) is 0 Å². The molecule has 0 unspecified atom stereocenters. The van der Waals surface area contributed by atoms with E-state index in [-0.39, 0.29) is 21.4 Å². The lowest BCUT2D eigenvalue weighted by molar-refractivity contribution is -0.114. The summed E-state index contributed by atoms with van der Waals surface area (Å²) in [7, 11) is -3.70. The average molecular weight is 290 g/mol. The van der Waals surface area contributed by atoms with E-state index in [0.29, 0.717) is 5.69 Å². The van der Waals surface area contributed by atoms with Crippen molar-refractivity contribution in [1.29, 1.82) is 0 Å². The van der Waals surface area contributed by atoms with Crippen molar-refractivity contribution in [3.05, 3.63) is 48.5 Å². The third kappa shape index (κ3) is 2.80. The first-order valence-electron chi connectivity index (χ1n) is 5.88. The molecule has 0 radical (unpaired) electrons. The van der Waals surface area contributed by atoms with Crippen LogP contribution in [0, 0.1) is 0 Å². The van der Waals surface area contributed by atoms with E-state index in [1.54, 1.807) is 18.2 Å². The van der Waals surface area contributed by atoms with Crippen LogP contribution in [-0.2, 0) is 14.6 Å². The molecular weight excluding hydrogens is 276 g/mol. The van der Waals surface area contributed by atoms with Gasteiger partial charge in [0.15, 0.2) is 0 Å². The second kappa shape index (κ2) is 5.34. The maximum absolute atomic E-state index is 12.6. The molecule has 5 nitrogen and oxygen atoms in total. The fourth-order valence-electron chi connectivity index (χ4n) is 1.77. The third-order valence-corrected chi connectivity index (χ3v) is 4.51. The summed E-state index contributed by atoms with van der Waals surface area (Å²) in [6.45, 7) is 1.33. The highest BCUT2D eigenvalue weighted by Gasteiger charge is 2.21. The van der Waals surface area contributed by atoms with Crippen LogP contribution in [0.15, 0.2) is 58.3 Å². The molecule has 0 aliphatic heterocycles. The Morgan fingerprint density at radius 3 is 2.25 bits per heavy atom. The van der Waals surface area contributed by atoms with Crippen LogP contribution in [0.4, 0.5) is 11.4 Å². The highest BCUT2D eigenvalue weighted by Crippen LogP contribution is 2.27. The molecule has 20 heavy (non-hydrogen) atoms. The van der Waals surface area contributed by atoms with Crippen LogP contribution >= 0.6 is 0 Å². The number of amides is 1. The fourth-order valence-corrected chi connectivity index (χ4v) is 3.18. The summed E-state index contributed by atoms with van der Waals surface area (Å²) in [5, 5.41) is 2.52. The van der Waals surface area contributed by atoms with Gasteiger partial charge in [0.05, 0.1) is 15.5 Å². The van der Waals surface area contributed by atoms with Gasteiger partial charge in [-0.3, -0.25) is 4.79 Å². The SMILES string of the molecule is CC(=O)Nc1ccccc1S(=O)(=O)c1ccc(N)cc1. The third-order valence-electron chi connectivity index (χ3n) is 2.68. The minimum absolute atomic E-state index is 0.0555. The molecule has 0 fully saturated rings. The maximum Gasteiger partial charge on any atom is 0.221 e. The van der Waals surface area contributed by atoms with E-state index in [1.807, 2.05) is 0 Å². The molecule has 0 atom stereocenters. The van der Waals surface area contributed by atoms with Gasteiger partial charge in [-0.1, -0.05) is 12.1 Å². The quantitative estimate of drug-likeness (QED) is 0.847. The van der Waals surface area contributed by atoms with Crippen molar-refractivity contribution in [2.24, 2.45) is 0 Å². The van der Waals surface area contributed by atoms with Gasteiger partial charge in [-0.15, -0.1) is 0 Å². The summed E-state index contributed by atoms with van der Waals surface area (Å²) < 4.78 is 25.1. The number of nitrogens with one attached hydrogen (secondary N) is 1. The standard InChI is InChI=1S/C14H14N2O3S/c1-10(17)16-13-4-2-3-5-14(13)20(18,19)12-8-6-11(15)7-9-12/h2-9H,15H2,1H3,(H,16,17). The molecule has 0 aliphatic carbocycles. The molecule has 2 rings (SSSR count). The Labute approximate surface area is 117 Å². The zero-order chi connectivity index (χ0) is 14.8. The van der Waals surface area contributed by atoms with Crippen LogP contribution in [0.5, 0.6) is 0 Å². The van der Waals surface area contributed by atoms with Crippen molar-refractivity contribution < 1.29 is 13.2 Å². The topological polar surface area (TPSA) is 89.3 Å². The van der Waals surface area contributed by atoms with Gasteiger partial charge in [0, 0.05) is 12.6 Å². The molecule has 0 saturated heterocycles. The average Bonchev–Trinajstić information content (AvgIpc) is 2.39. The van der Waals surface area contributed by atoms with Crippen molar-refractivity contribution in [2.75, 3.05) is 11.1 Å². The molecule has 6 heteroatoms. The number of rotatable bonds is 3. The van der Waals surface area contributed by atoms with E-state index in [9.17, 15) is 13.2 Å². The van der Waals surface area contributed by atoms with Gasteiger partial charge in [0.1, 0.15) is 0 Å². The molecule has 0 bridgehead atoms. The van der Waals surface area contributed by atoms with Crippen LogP contribution in [0.1, 0.15) is 6.92 Å². The Morgan fingerprint density at radius 2 is 1.65 bits per heavy atom. The number of sulfone groups is 1. The van der Waals surface area contributed by atoms with Gasteiger partial charge in [0.2, 0.25) is 15.7 Å². The van der Waals surface area contributed by atoms with E-state index < -0.39 is 9.84 Å². The number of hydrogen-bond acceptors (Lipinski definition) is 4. The van der Waals surface area contributed by atoms with Gasteiger partial charge in [-0.2, -0.15) is 0 Å². The van der Waals surface area contributed by atoms with Crippen molar-refractivity contribution in [3.63, 3.8) is 0 Å². The van der Waals surface area contributed by atoms with Crippen molar-refractivity contribution in [3.8, 4) is 0 Å². The molecule has 2 aromatic rings. The lowest BCUT2D eigenvalue weighted by Crippen LogP contribution is -2.11. The number of nitrogens with two attached hydrogens (primary N) is 1. The first kappa shape index (κ1) is 14.1.